The minimum atomic E-state index is -4.15. The van der Waals surface area contributed by atoms with Crippen LogP contribution in [-0.2, 0) is 26.2 Å². The molecule has 0 unspecified atom stereocenters. The van der Waals surface area contributed by atoms with E-state index < -0.39 is 28.5 Å². The lowest BCUT2D eigenvalue weighted by Crippen LogP contribution is -2.53. The Kier molecular flexibility index (Phi) is 11.2. The molecule has 41 heavy (non-hydrogen) atoms. The number of hydrogen-bond acceptors (Lipinski definition) is 4. The van der Waals surface area contributed by atoms with Gasteiger partial charge in [-0.1, -0.05) is 72.9 Å². The monoisotopic (exact) mass is 617 g/mol. The van der Waals surface area contributed by atoms with Gasteiger partial charge in [-0.25, -0.2) is 8.42 Å². The van der Waals surface area contributed by atoms with Crippen molar-refractivity contribution in [3.05, 3.63) is 93.5 Å². The third kappa shape index (κ3) is 8.03. The van der Waals surface area contributed by atoms with E-state index >= 15 is 0 Å². The van der Waals surface area contributed by atoms with Crippen LogP contribution in [0.5, 0.6) is 0 Å². The smallest absolute Gasteiger partial charge is 0.264 e. The number of nitrogens with zero attached hydrogens (tertiary/aromatic N) is 2. The highest BCUT2D eigenvalue weighted by molar-refractivity contribution is 7.92. The molecule has 1 N–H and O–H groups in total. The first kappa shape index (κ1) is 32.4. The first-order chi connectivity index (χ1) is 19.4. The van der Waals surface area contributed by atoms with E-state index in [1.807, 2.05) is 33.8 Å². The highest BCUT2D eigenvalue weighted by Gasteiger charge is 2.34. The normalized spacial score (nSPS) is 12.9. The lowest BCUT2D eigenvalue weighted by atomic mass is 10.1. The summed E-state index contributed by atoms with van der Waals surface area (Å²) in [4.78, 5) is 29.0. The van der Waals surface area contributed by atoms with Crippen LogP contribution in [0.3, 0.4) is 0 Å². The second-order valence-corrected chi connectivity index (χ2v) is 12.8. The zero-order valence-corrected chi connectivity index (χ0v) is 26.4. The predicted molar refractivity (Wildman–Crippen MR) is 166 cm³/mol. The van der Waals surface area contributed by atoms with Crippen LogP contribution in [0.2, 0.25) is 10.0 Å². The van der Waals surface area contributed by atoms with Gasteiger partial charge in [-0.05, 0) is 75.6 Å². The summed E-state index contributed by atoms with van der Waals surface area (Å²) in [5, 5.41) is 3.64. The van der Waals surface area contributed by atoms with Crippen LogP contribution in [-0.4, -0.2) is 43.8 Å². The Hall–Kier alpha value is -3.07. The summed E-state index contributed by atoms with van der Waals surface area (Å²) in [6.45, 7) is 8.75. The Morgan fingerprint density at radius 1 is 0.878 bits per heavy atom. The van der Waals surface area contributed by atoms with Crippen molar-refractivity contribution in [2.45, 2.75) is 71.0 Å². The molecule has 0 aliphatic carbocycles. The lowest BCUT2D eigenvalue weighted by molar-refractivity contribution is -0.140. The fourth-order valence-corrected chi connectivity index (χ4v) is 6.29. The first-order valence-corrected chi connectivity index (χ1v) is 15.8. The van der Waals surface area contributed by atoms with Crippen molar-refractivity contribution < 1.29 is 18.0 Å². The van der Waals surface area contributed by atoms with E-state index in [4.69, 9.17) is 23.2 Å². The van der Waals surface area contributed by atoms with Gasteiger partial charge in [0, 0.05) is 28.2 Å². The van der Waals surface area contributed by atoms with Gasteiger partial charge >= 0.3 is 0 Å². The molecule has 0 bridgehead atoms. The van der Waals surface area contributed by atoms with Gasteiger partial charge in [0.1, 0.15) is 12.6 Å². The molecule has 0 saturated carbocycles. The van der Waals surface area contributed by atoms with Crippen LogP contribution in [0.1, 0.15) is 50.3 Å². The standard InChI is InChI=1S/C31H37Cl2N3O4S/c1-6-23(5)34-31(38)29(7-2)35(19-26-27(32)12-9-13-28(26)33)30(37)20-36(24-11-8-10-22(4)18-24)41(39,40)25-16-14-21(3)15-17-25/h8-18,23,29H,6-7,19-20H2,1-5H3,(H,34,38)/t23-,29-/m1/s1. The van der Waals surface area contributed by atoms with Crippen LogP contribution < -0.4 is 9.62 Å². The summed E-state index contributed by atoms with van der Waals surface area (Å²) in [6, 6.07) is 17.4. The van der Waals surface area contributed by atoms with Gasteiger partial charge in [-0.3, -0.25) is 13.9 Å². The lowest BCUT2D eigenvalue weighted by Gasteiger charge is -2.34. The maximum atomic E-state index is 14.2. The van der Waals surface area contributed by atoms with Gasteiger partial charge in [0.2, 0.25) is 11.8 Å². The van der Waals surface area contributed by atoms with Crippen LogP contribution in [0.15, 0.2) is 71.6 Å². The first-order valence-electron chi connectivity index (χ1n) is 13.6. The molecule has 7 nitrogen and oxygen atoms in total. The number of amides is 2. The van der Waals surface area contributed by atoms with Crippen LogP contribution in [0, 0.1) is 13.8 Å². The van der Waals surface area contributed by atoms with Gasteiger partial charge in [-0.2, -0.15) is 0 Å². The van der Waals surface area contributed by atoms with Crippen molar-refractivity contribution in [2.75, 3.05) is 10.8 Å². The van der Waals surface area contributed by atoms with Crippen molar-refractivity contribution in [3.8, 4) is 0 Å². The SMILES string of the molecule is CC[C@@H](C)NC(=O)[C@@H](CC)N(Cc1c(Cl)cccc1Cl)C(=O)CN(c1cccc(C)c1)S(=O)(=O)c1ccc(C)cc1. The third-order valence-electron chi connectivity index (χ3n) is 6.95. The molecule has 220 valence electrons. The molecule has 3 rings (SSSR count). The summed E-state index contributed by atoms with van der Waals surface area (Å²) in [5.74, 6) is -0.897. The van der Waals surface area contributed by atoms with E-state index in [9.17, 15) is 18.0 Å². The minimum absolute atomic E-state index is 0.0552. The van der Waals surface area contributed by atoms with Crippen molar-refractivity contribution in [2.24, 2.45) is 0 Å². The van der Waals surface area contributed by atoms with E-state index in [1.54, 1.807) is 55.5 Å². The Bertz CT molecular complexity index is 1460. The molecule has 3 aromatic rings. The molecule has 2 atom stereocenters. The molecule has 0 aliphatic heterocycles. The van der Waals surface area contributed by atoms with Crippen molar-refractivity contribution >= 4 is 50.7 Å². The van der Waals surface area contributed by atoms with Gasteiger partial charge in [0.15, 0.2) is 0 Å². The van der Waals surface area contributed by atoms with Crippen LogP contribution in [0.25, 0.3) is 0 Å². The summed E-state index contributed by atoms with van der Waals surface area (Å²) in [5.41, 5.74) is 2.55. The number of rotatable bonds is 12. The molecular weight excluding hydrogens is 581 g/mol. The van der Waals surface area contributed by atoms with Crippen molar-refractivity contribution in [1.82, 2.24) is 10.2 Å². The maximum absolute atomic E-state index is 14.2. The Balaban J connectivity index is 2.10. The molecule has 3 aromatic carbocycles. The Morgan fingerprint density at radius 3 is 2.05 bits per heavy atom. The molecule has 0 fully saturated rings. The number of nitrogens with one attached hydrogen (secondary N) is 1. The van der Waals surface area contributed by atoms with E-state index in [0.717, 1.165) is 15.4 Å². The molecule has 0 spiro atoms. The quantitative estimate of drug-likeness (QED) is 0.250. The van der Waals surface area contributed by atoms with Crippen molar-refractivity contribution in [3.63, 3.8) is 0 Å². The van der Waals surface area contributed by atoms with E-state index in [-0.39, 0.29) is 23.4 Å². The molecule has 0 radical (unpaired) electrons. The molecule has 0 aliphatic rings. The summed E-state index contributed by atoms with van der Waals surface area (Å²) >= 11 is 12.9. The summed E-state index contributed by atoms with van der Waals surface area (Å²) in [7, 11) is -4.15. The number of sulfonamides is 1. The second-order valence-electron chi connectivity index (χ2n) is 10.1. The van der Waals surface area contributed by atoms with E-state index in [1.165, 1.54) is 17.0 Å². The summed E-state index contributed by atoms with van der Waals surface area (Å²) in [6.07, 6.45) is 1.01. The number of anilines is 1. The summed E-state index contributed by atoms with van der Waals surface area (Å²) < 4.78 is 29.0. The fraction of sp³-hybridized carbons (Fsp3) is 0.355. The second kappa shape index (κ2) is 14.2. The number of benzene rings is 3. The Morgan fingerprint density at radius 2 is 1.49 bits per heavy atom. The average molecular weight is 619 g/mol. The topological polar surface area (TPSA) is 86.8 Å². The van der Waals surface area contributed by atoms with Gasteiger partial charge in [0.25, 0.3) is 10.0 Å². The number of halogens is 2. The zero-order valence-electron chi connectivity index (χ0n) is 24.0. The number of carbonyl (C=O) groups excluding carboxylic acids is 2. The van der Waals surface area contributed by atoms with Crippen molar-refractivity contribution in [1.29, 1.82) is 0 Å². The van der Waals surface area contributed by atoms with E-state index in [0.29, 0.717) is 34.1 Å². The number of carbonyl (C=O) groups is 2. The van der Waals surface area contributed by atoms with Gasteiger partial charge in [0.05, 0.1) is 10.6 Å². The molecule has 0 saturated heterocycles. The Labute approximate surface area is 253 Å². The van der Waals surface area contributed by atoms with Gasteiger partial charge < -0.3 is 10.2 Å². The third-order valence-corrected chi connectivity index (χ3v) is 9.45. The maximum Gasteiger partial charge on any atom is 0.264 e. The molecule has 0 aromatic heterocycles. The number of aryl methyl sites for hydroxylation is 2. The largest absolute Gasteiger partial charge is 0.352 e. The molecule has 0 heterocycles. The number of hydrogen-bond donors (Lipinski definition) is 1. The van der Waals surface area contributed by atoms with Crippen LogP contribution in [0.4, 0.5) is 5.69 Å². The zero-order chi connectivity index (χ0) is 30.3. The highest BCUT2D eigenvalue weighted by atomic mass is 35.5. The highest BCUT2D eigenvalue weighted by Crippen LogP contribution is 2.29. The van der Waals surface area contributed by atoms with Crippen LogP contribution >= 0.6 is 23.2 Å². The molecule has 2 amide bonds. The van der Waals surface area contributed by atoms with E-state index in [2.05, 4.69) is 5.32 Å². The predicted octanol–water partition coefficient (Wildman–Crippen LogP) is 6.53. The molecule has 10 heteroatoms. The van der Waals surface area contributed by atoms with Gasteiger partial charge in [-0.15, -0.1) is 0 Å². The average Bonchev–Trinajstić information content (AvgIpc) is 2.93. The molecular formula is C31H37Cl2N3O4S. The fourth-order valence-electron chi connectivity index (χ4n) is 4.36. The minimum Gasteiger partial charge on any atom is -0.352 e.